The van der Waals surface area contributed by atoms with Gasteiger partial charge in [0, 0.05) is 18.5 Å². The SMILES string of the molecule is COc1ccc(COc2cc(OCc3ccc(COCCOCCO[Si](C)(C)C(C)(C)C)cc3)ncc2-c2cc(C(F)(F)F)c[nH]2)cc1. The minimum atomic E-state index is -4.48. The third-order valence-electron chi connectivity index (χ3n) is 8.24. The highest BCUT2D eigenvalue weighted by Crippen LogP contribution is 2.37. The number of ether oxygens (including phenoxy) is 5. The Kier molecular flexibility index (Phi) is 12.7. The van der Waals surface area contributed by atoms with Crippen LogP contribution in [0.1, 0.15) is 43.0 Å². The Morgan fingerprint density at radius 2 is 1.33 bits per heavy atom. The lowest BCUT2D eigenvalue weighted by Crippen LogP contribution is -2.41. The summed E-state index contributed by atoms with van der Waals surface area (Å²) < 4.78 is 74.6. The van der Waals surface area contributed by atoms with E-state index in [1.54, 1.807) is 25.3 Å². The lowest BCUT2D eigenvalue weighted by Gasteiger charge is -2.36. The molecular formula is C36H45F3N2O6Si. The van der Waals surface area contributed by atoms with Crippen LogP contribution in [0, 0.1) is 0 Å². The van der Waals surface area contributed by atoms with Crippen LogP contribution in [0.5, 0.6) is 17.4 Å². The first-order chi connectivity index (χ1) is 22.7. The fourth-order valence-electron chi connectivity index (χ4n) is 4.29. The average molecular weight is 687 g/mol. The van der Waals surface area contributed by atoms with Crippen molar-refractivity contribution in [2.45, 2.75) is 64.9 Å². The first kappa shape index (κ1) is 37.0. The topological polar surface area (TPSA) is 84.1 Å². The van der Waals surface area contributed by atoms with Crippen LogP contribution in [0.2, 0.25) is 18.1 Å². The third kappa shape index (κ3) is 10.8. The summed E-state index contributed by atoms with van der Waals surface area (Å²) in [5.41, 5.74) is 2.60. The van der Waals surface area contributed by atoms with E-state index in [4.69, 9.17) is 28.1 Å². The summed E-state index contributed by atoms with van der Waals surface area (Å²) in [6.07, 6.45) is -2.12. The van der Waals surface area contributed by atoms with Crippen molar-refractivity contribution in [3.05, 3.63) is 95.3 Å². The van der Waals surface area contributed by atoms with Gasteiger partial charge in [0.25, 0.3) is 0 Å². The molecule has 1 N–H and O–H groups in total. The number of benzene rings is 2. The smallest absolute Gasteiger partial charge is 0.417 e. The van der Waals surface area contributed by atoms with E-state index in [2.05, 4.69) is 43.8 Å². The molecule has 2 aromatic heterocycles. The summed E-state index contributed by atoms with van der Waals surface area (Å²) in [6.45, 7) is 14.1. The average Bonchev–Trinajstić information content (AvgIpc) is 3.55. The molecule has 48 heavy (non-hydrogen) atoms. The monoisotopic (exact) mass is 686 g/mol. The van der Waals surface area contributed by atoms with E-state index in [9.17, 15) is 13.2 Å². The summed E-state index contributed by atoms with van der Waals surface area (Å²) in [4.78, 5) is 7.02. The molecule has 0 radical (unpaired) electrons. The fourth-order valence-corrected chi connectivity index (χ4v) is 5.31. The van der Waals surface area contributed by atoms with Crippen molar-refractivity contribution in [1.29, 1.82) is 0 Å². The molecule has 0 spiro atoms. The molecule has 0 saturated heterocycles. The fraction of sp³-hybridized carbons (Fsp3) is 0.417. The second-order valence-corrected chi connectivity index (χ2v) is 17.6. The van der Waals surface area contributed by atoms with Crippen LogP contribution in [0.25, 0.3) is 11.3 Å². The van der Waals surface area contributed by atoms with Gasteiger partial charge in [0.1, 0.15) is 24.7 Å². The van der Waals surface area contributed by atoms with E-state index in [-0.39, 0.29) is 29.8 Å². The van der Waals surface area contributed by atoms with E-state index in [0.29, 0.717) is 50.1 Å². The zero-order chi connectivity index (χ0) is 34.8. The van der Waals surface area contributed by atoms with Crippen molar-refractivity contribution >= 4 is 8.32 Å². The Morgan fingerprint density at radius 3 is 1.94 bits per heavy atom. The molecule has 0 saturated carbocycles. The Bertz CT molecular complexity index is 1570. The summed E-state index contributed by atoms with van der Waals surface area (Å²) in [5.74, 6) is 1.30. The van der Waals surface area contributed by atoms with Gasteiger partial charge in [-0.3, -0.25) is 0 Å². The number of pyridine rings is 1. The minimum absolute atomic E-state index is 0.175. The maximum Gasteiger partial charge on any atom is 0.417 e. The van der Waals surface area contributed by atoms with Gasteiger partial charge in [-0.2, -0.15) is 13.2 Å². The van der Waals surface area contributed by atoms with E-state index in [0.717, 1.165) is 29.0 Å². The van der Waals surface area contributed by atoms with Gasteiger partial charge in [0.05, 0.1) is 57.0 Å². The maximum absolute atomic E-state index is 13.3. The van der Waals surface area contributed by atoms with Crippen LogP contribution < -0.4 is 14.2 Å². The van der Waals surface area contributed by atoms with Crippen molar-refractivity contribution in [1.82, 2.24) is 9.97 Å². The summed E-state index contributed by atoms with van der Waals surface area (Å²) in [5, 5.41) is 0.177. The molecule has 0 aliphatic rings. The van der Waals surface area contributed by atoms with E-state index in [1.807, 2.05) is 36.4 Å². The molecule has 0 unspecified atom stereocenters. The number of aromatic amines is 1. The van der Waals surface area contributed by atoms with Crippen LogP contribution in [-0.4, -0.2) is 51.8 Å². The molecule has 2 aromatic carbocycles. The van der Waals surface area contributed by atoms with E-state index >= 15 is 0 Å². The predicted octanol–water partition coefficient (Wildman–Crippen LogP) is 8.82. The van der Waals surface area contributed by atoms with Gasteiger partial charge in [-0.15, -0.1) is 0 Å². The highest BCUT2D eigenvalue weighted by molar-refractivity contribution is 6.74. The normalized spacial score (nSPS) is 12.3. The Labute approximate surface area is 281 Å². The molecular weight excluding hydrogens is 641 g/mol. The minimum Gasteiger partial charge on any atom is -0.497 e. The number of H-pyrrole nitrogens is 1. The largest absolute Gasteiger partial charge is 0.497 e. The van der Waals surface area contributed by atoms with Gasteiger partial charge in [0.2, 0.25) is 5.88 Å². The van der Waals surface area contributed by atoms with Gasteiger partial charge < -0.3 is 33.1 Å². The number of alkyl halides is 3. The van der Waals surface area contributed by atoms with Crippen molar-refractivity contribution in [2.24, 2.45) is 0 Å². The number of aromatic nitrogens is 2. The van der Waals surface area contributed by atoms with Crippen molar-refractivity contribution in [3.8, 4) is 28.6 Å². The quantitative estimate of drug-likeness (QED) is 0.0878. The lowest BCUT2D eigenvalue weighted by molar-refractivity contribution is -0.137. The van der Waals surface area contributed by atoms with Gasteiger partial charge in [0.15, 0.2) is 8.32 Å². The molecule has 0 aliphatic heterocycles. The molecule has 4 aromatic rings. The van der Waals surface area contributed by atoms with Gasteiger partial charge >= 0.3 is 6.18 Å². The molecule has 0 aliphatic carbocycles. The third-order valence-corrected chi connectivity index (χ3v) is 12.8. The van der Waals surface area contributed by atoms with E-state index < -0.39 is 20.1 Å². The number of rotatable bonds is 17. The molecule has 0 amide bonds. The van der Waals surface area contributed by atoms with Crippen molar-refractivity contribution in [3.63, 3.8) is 0 Å². The number of hydrogen-bond acceptors (Lipinski definition) is 7. The van der Waals surface area contributed by atoms with Crippen LogP contribution in [0.15, 0.2) is 73.1 Å². The number of methoxy groups -OCH3 is 1. The molecule has 0 fully saturated rings. The van der Waals surface area contributed by atoms with Crippen molar-refractivity contribution in [2.75, 3.05) is 33.5 Å². The van der Waals surface area contributed by atoms with Crippen LogP contribution in [0.4, 0.5) is 13.2 Å². The number of nitrogens with one attached hydrogen (secondary N) is 1. The molecule has 12 heteroatoms. The summed E-state index contributed by atoms with van der Waals surface area (Å²) >= 11 is 0. The molecule has 2 heterocycles. The number of hydrogen-bond donors (Lipinski definition) is 1. The van der Waals surface area contributed by atoms with Gasteiger partial charge in [-0.05, 0) is 53.0 Å². The zero-order valence-corrected chi connectivity index (χ0v) is 29.4. The molecule has 0 atom stereocenters. The summed E-state index contributed by atoms with van der Waals surface area (Å²) in [7, 11) is -0.179. The van der Waals surface area contributed by atoms with Crippen molar-refractivity contribution < 1.29 is 41.3 Å². The van der Waals surface area contributed by atoms with Gasteiger partial charge in [-0.25, -0.2) is 4.98 Å². The molecule has 8 nitrogen and oxygen atoms in total. The second-order valence-electron chi connectivity index (χ2n) is 12.8. The Hall–Kier alpha value is -3.84. The maximum atomic E-state index is 13.3. The first-order valence-corrected chi connectivity index (χ1v) is 18.7. The highest BCUT2D eigenvalue weighted by Gasteiger charge is 2.37. The predicted molar refractivity (Wildman–Crippen MR) is 181 cm³/mol. The van der Waals surface area contributed by atoms with Crippen LogP contribution in [-0.2, 0) is 39.9 Å². The molecule has 260 valence electrons. The van der Waals surface area contributed by atoms with Crippen LogP contribution >= 0.6 is 0 Å². The standard InChI is InChI=1S/C36H45F3N2O6Si/c1-35(2,3)48(5,6)47-18-17-43-15-16-44-23-26-7-9-27(10-8-26)25-46-34-20-33(45-24-28-11-13-30(42-4)14-12-28)31(22-41-34)32-19-29(21-40-32)36(37,38)39/h7-14,19-22,40H,15-18,23-25H2,1-6H3. The first-order valence-electron chi connectivity index (χ1n) is 15.8. The Balaban J connectivity index is 1.28. The Morgan fingerprint density at radius 1 is 0.750 bits per heavy atom. The van der Waals surface area contributed by atoms with E-state index in [1.165, 1.54) is 6.20 Å². The number of halogens is 3. The number of nitrogens with zero attached hydrogens (tertiary/aromatic N) is 1. The molecule has 0 bridgehead atoms. The zero-order valence-electron chi connectivity index (χ0n) is 28.4. The molecule has 4 rings (SSSR count). The van der Waals surface area contributed by atoms with Crippen LogP contribution in [0.3, 0.4) is 0 Å². The lowest BCUT2D eigenvalue weighted by atomic mass is 10.1. The summed E-state index contributed by atoms with van der Waals surface area (Å²) in [6, 6.07) is 17.8. The second kappa shape index (κ2) is 16.5. The van der Waals surface area contributed by atoms with Gasteiger partial charge in [-0.1, -0.05) is 57.2 Å². The highest BCUT2D eigenvalue weighted by atomic mass is 28.4.